The lowest BCUT2D eigenvalue weighted by Crippen LogP contribution is -2.09. The summed E-state index contributed by atoms with van der Waals surface area (Å²) in [6.07, 6.45) is 2.29. The number of hydrogen-bond acceptors (Lipinski definition) is 2. The molecule has 2 aromatic rings. The lowest BCUT2D eigenvalue weighted by molar-refractivity contribution is 0.595. The molecule has 2 nitrogen and oxygen atoms in total. The van der Waals surface area contributed by atoms with E-state index in [4.69, 9.17) is 0 Å². The molecule has 0 aliphatic heterocycles. The molecule has 0 saturated carbocycles. The Morgan fingerprint density at radius 1 is 1.00 bits per heavy atom. The molecule has 0 amide bonds. The van der Waals surface area contributed by atoms with Crippen LogP contribution in [0, 0.1) is 6.92 Å². The summed E-state index contributed by atoms with van der Waals surface area (Å²) in [5.74, 6) is 0.128. The minimum absolute atomic E-state index is 0.128. The number of rotatable bonds is 5. The number of aryl methyl sites for hydroxylation is 2. The second-order valence-corrected chi connectivity index (χ2v) is 6.94. The van der Waals surface area contributed by atoms with Crippen molar-refractivity contribution in [1.29, 1.82) is 0 Å². The van der Waals surface area contributed by atoms with E-state index < -0.39 is 9.84 Å². The van der Waals surface area contributed by atoms with Gasteiger partial charge in [-0.2, -0.15) is 0 Å². The van der Waals surface area contributed by atoms with Gasteiger partial charge in [0.2, 0.25) is 0 Å². The van der Waals surface area contributed by atoms with Crippen molar-refractivity contribution in [2.45, 2.75) is 18.2 Å². The lowest BCUT2D eigenvalue weighted by atomic mass is 10.1. The van der Waals surface area contributed by atoms with Crippen molar-refractivity contribution < 1.29 is 8.42 Å². The van der Waals surface area contributed by atoms with E-state index in [1.54, 1.807) is 18.2 Å². The fourth-order valence-electron chi connectivity index (χ4n) is 1.94. The van der Waals surface area contributed by atoms with Crippen molar-refractivity contribution in [2.24, 2.45) is 0 Å². The van der Waals surface area contributed by atoms with Gasteiger partial charge in [-0.1, -0.05) is 54.6 Å². The molecule has 0 aliphatic carbocycles. The van der Waals surface area contributed by atoms with Crippen LogP contribution < -0.4 is 0 Å². The Labute approximate surface area is 120 Å². The van der Waals surface area contributed by atoms with Crippen LogP contribution in [0.2, 0.25) is 0 Å². The molecule has 0 unspecified atom stereocenters. The van der Waals surface area contributed by atoms with Crippen LogP contribution in [0.25, 0.3) is 6.08 Å². The van der Waals surface area contributed by atoms with Gasteiger partial charge in [-0.15, -0.1) is 0 Å². The van der Waals surface area contributed by atoms with Crippen LogP contribution in [0.15, 0.2) is 60.0 Å². The maximum Gasteiger partial charge on any atom is 0.178 e. The summed E-state index contributed by atoms with van der Waals surface area (Å²) in [5, 5.41) is 0. The maximum absolute atomic E-state index is 12.2. The van der Waals surface area contributed by atoms with Crippen molar-refractivity contribution in [1.82, 2.24) is 0 Å². The van der Waals surface area contributed by atoms with Gasteiger partial charge in [0.25, 0.3) is 0 Å². The molecule has 0 aromatic heterocycles. The molecule has 0 heterocycles. The van der Waals surface area contributed by atoms with Gasteiger partial charge in [-0.05, 0) is 36.6 Å². The summed E-state index contributed by atoms with van der Waals surface area (Å²) in [5.41, 5.74) is 3.12. The Balaban J connectivity index is 2.08. The smallest absolute Gasteiger partial charge is 0.178 e. The van der Waals surface area contributed by atoms with Gasteiger partial charge in [-0.3, -0.25) is 0 Å². The molecule has 2 rings (SSSR count). The molecule has 0 atom stereocenters. The first kappa shape index (κ1) is 14.5. The topological polar surface area (TPSA) is 34.1 Å². The fraction of sp³-hybridized carbons (Fsp3) is 0.176. The Morgan fingerprint density at radius 3 is 2.15 bits per heavy atom. The van der Waals surface area contributed by atoms with Crippen LogP contribution in [0.5, 0.6) is 0 Å². The highest BCUT2D eigenvalue weighted by Crippen LogP contribution is 2.14. The highest BCUT2D eigenvalue weighted by atomic mass is 32.2. The first-order valence-electron chi connectivity index (χ1n) is 6.52. The third kappa shape index (κ3) is 3.58. The van der Waals surface area contributed by atoms with Crippen molar-refractivity contribution in [3.8, 4) is 0 Å². The van der Waals surface area contributed by atoms with E-state index in [-0.39, 0.29) is 5.75 Å². The van der Waals surface area contributed by atoms with Crippen LogP contribution in [-0.4, -0.2) is 14.2 Å². The largest absolute Gasteiger partial charge is 0.224 e. The van der Waals surface area contributed by atoms with E-state index in [2.05, 4.69) is 6.58 Å². The molecule has 104 valence electrons. The zero-order chi connectivity index (χ0) is 14.6. The van der Waals surface area contributed by atoms with Gasteiger partial charge in [0, 0.05) is 0 Å². The molecule has 0 radical (unpaired) electrons. The number of hydrogen-bond donors (Lipinski definition) is 0. The summed E-state index contributed by atoms with van der Waals surface area (Å²) in [6, 6.07) is 14.8. The molecule has 0 fully saturated rings. The maximum atomic E-state index is 12.2. The van der Waals surface area contributed by atoms with Crippen molar-refractivity contribution in [3.05, 3.63) is 71.8 Å². The van der Waals surface area contributed by atoms with Crippen LogP contribution in [0.3, 0.4) is 0 Å². The zero-order valence-electron chi connectivity index (χ0n) is 11.5. The monoisotopic (exact) mass is 286 g/mol. The fourth-order valence-corrected chi connectivity index (χ4v) is 3.23. The van der Waals surface area contributed by atoms with Gasteiger partial charge in [0.1, 0.15) is 0 Å². The van der Waals surface area contributed by atoms with Crippen LogP contribution >= 0.6 is 0 Å². The summed E-state index contributed by atoms with van der Waals surface area (Å²) in [4.78, 5) is 0.394. The highest BCUT2D eigenvalue weighted by Gasteiger charge is 2.13. The second kappa shape index (κ2) is 6.06. The zero-order valence-corrected chi connectivity index (χ0v) is 12.4. The van der Waals surface area contributed by atoms with Crippen molar-refractivity contribution >= 4 is 15.9 Å². The predicted molar refractivity (Wildman–Crippen MR) is 83.5 cm³/mol. The van der Waals surface area contributed by atoms with Crippen LogP contribution in [0.1, 0.15) is 16.7 Å². The molecule has 20 heavy (non-hydrogen) atoms. The van der Waals surface area contributed by atoms with Gasteiger partial charge >= 0.3 is 0 Å². The molecule has 0 N–H and O–H groups in total. The minimum atomic E-state index is -3.21. The van der Waals surface area contributed by atoms with Crippen LogP contribution in [0.4, 0.5) is 0 Å². The number of benzene rings is 2. The molecule has 2 aromatic carbocycles. The summed E-state index contributed by atoms with van der Waals surface area (Å²) in [6.45, 7) is 5.64. The third-order valence-electron chi connectivity index (χ3n) is 3.25. The third-order valence-corrected chi connectivity index (χ3v) is 4.99. The molecular formula is C17H18O2S. The van der Waals surface area contributed by atoms with E-state index in [1.165, 1.54) is 0 Å². The molecule has 0 saturated heterocycles. The van der Waals surface area contributed by atoms with E-state index in [0.717, 1.165) is 16.7 Å². The number of sulfone groups is 1. The Kier molecular flexibility index (Phi) is 4.40. The van der Waals surface area contributed by atoms with Crippen molar-refractivity contribution in [2.75, 3.05) is 5.75 Å². The van der Waals surface area contributed by atoms with Crippen LogP contribution in [-0.2, 0) is 16.3 Å². The predicted octanol–water partition coefficient (Wildman–Crippen LogP) is 3.65. The molecule has 3 heteroatoms. The Hall–Kier alpha value is -1.87. The quantitative estimate of drug-likeness (QED) is 0.840. The van der Waals surface area contributed by atoms with Gasteiger partial charge < -0.3 is 0 Å². The highest BCUT2D eigenvalue weighted by molar-refractivity contribution is 7.91. The minimum Gasteiger partial charge on any atom is -0.224 e. The summed E-state index contributed by atoms with van der Waals surface area (Å²) in [7, 11) is -3.21. The standard InChI is InChI=1S/C17H18O2S/c1-3-15-6-8-16(9-7-15)12-13-20(18,19)17-10-4-14(2)5-11-17/h3-11H,1,12-13H2,2H3. The van der Waals surface area contributed by atoms with E-state index >= 15 is 0 Å². The average molecular weight is 286 g/mol. The average Bonchev–Trinajstić information content (AvgIpc) is 2.46. The molecule has 0 spiro atoms. The summed E-state index contributed by atoms with van der Waals surface area (Å²) >= 11 is 0. The van der Waals surface area contributed by atoms with Gasteiger partial charge in [0.05, 0.1) is 10.6 Å². The van der Waals surface area contributed by atoms with E-state index in [1.807, 2.05) is 43.3 Å². The molecular weight excluding hydrogens is 268 g/mol. The van der Waals surface area contributed by atoms with E-state index in [0.29, 0.717) is 11.3 Å². The summed E-state index contributed by atoms with van der Waals surface area (Å²) < 4.78 is 24.4. The molecule has 0 bridgehead atoms. The lowest BCUT2D eigenvalue weighted by Gasteiger charge is -2.05. The molecule has 0 aliphatic rings. The van der Waals surface area contributed by atoms with E-state index in [9.17, 15) is 8.42 Å². The van der Waals surface area contributed by atoms with Gasteiger partial charge in [0.15, 0.2) is 9.84 Å². The normalized spacial score (nSPS) is 11.2. The second-order valence-electron chi connectivity index (χ2n) is 4.83. The Morgan fingerprint density at radius 2 is 1.60 bits per heavy atom. The van der Waals surface area contributed by atoms with Crippen molar-refractivity contribution in [3.63, 3.8) is 0 Å². The first-order valence-corrected chi connectivity index (χ1v) is 8.17. The van der Waals surface area contributed by atoms with Gasteiger partial charge in [-0.25, -0.2) is 8.42 Å². The Bertz CT molecular complexity index is 681. The first-order chi connectivity index (χ1) is 9.51. The SMILES string of the molecule is C=Cc1ccc(CCS(=O)(=O)c2ccc(C)cc2)cc1.